The number of carbonyl (C=O) groups excluding carboxylic acids is 2. The van der Waals surface area contributed by atoms with Crippen molar-refractivity contribution < 1.29 is 14.3 Å². The number of anilines is 1. The molecule has 3 rings (SSSR count). The molecule has 23 heavy (non-hydrogen) atoms. The summed E-state index contributed by atoms with van der Waals surface area (Å²) in [5.41, 5.74) is 1.76. The van der Waals surface area contributed by atoms with Gasteiger partial charge in [-0.25, -0.2) is 4.79 Å². The molecule has 1 aromatic carbocycles. The van der Waals surface area contributed by atoms with Crippen molar-refractivity contribution in [3.05, 3.63) is 23.8 Å². The number of fused-ring (bicyclic) bond motifs is 1. The first-order chi connectivity index (χ1) is 11.2. The maximum Gasteiger partial charge on any atom is 0.315 e. The van der Waals surface area contributed by atoms with E-state index in [1.54, 1.807) is 0 Å². The Labute approximate surface area is 136 Å². The van der Waals surface area contributed by atoms with Crippen LogP contribution in [-0.4, -0.2) is 31.1 Å². The van der Waals surface area contributed by atoms with Gasteiger partial charge in [-0.15, -0.1) is 0 Å². The van der Waals surface area contributed by atoms with Gasteiger partial charge in [-0.05, 0) is 37.0 Å². The lowest BCUT2D eigenvalue weighted by atomic mass is 10.1. The Bertz CT molecular complexity index is 582. The average Bonchev–Trinajstić information content (AvgIpc) is 2.94. The third-order valence-corrected chi connectivity index (χ3v) is 4.29. The Balaban J connectivity index is 1.48. The van der Waals surface area contributed by atoms with Crippen LogP contribution in [-0.2, 0) is 11.2 Å². The molecule has 1 saturated carbocycles. The fourth-order valence-corrected chi connectivity index (χ4v) is 3.05. The van der Waals surface area contributed by atoms with Crippen LogP contribution in [0.4, 0.5) is 10.5 Å². The van der Waals surface area contributed by atoms with Gasteiger partial charge < -0.3 is 20.7 Å². The summed E-state index contributed by atoms with van der Waals surface area (Å²) in [6, 6.07) is 5.98. The van der Waals surface area contributed by atoms with Crippen molar-refractivity contribution in [3.63, 3.8) is 0 Å². The molecule has 124 valence electrons. The standard InChI is InChI=1S/C17H23N3O3/c21-16-8-10-23-15-6-5-12(11-14(15)20-16)7-9-18-17(22)19-13-3-1-2-4-13/h5-6,11,13H,1-4,7-10H2,(H,20,21)(H2,18,19,22). The summed E-state index contributed by atoms with van der Waals surface area (Å²) in [6.45, 7) is 0.965. The lowest BCUT2D eigenvalue weighted by Crippen LogP contribution is -2.41. The molecule has 0 saturated heterocycles. The van der Waals surface area contributed by atoms with Crippen LogP contribution in [0.5, 0.6) is 5.75 Å². The minimum absolute atomic E-state index is 0.0324. The van der Waals surface area contributed by atoms with Gasteiger partial charge in [-0.2, -0.15) is 0 Å². The maximum atomic E-state index is 11.8. The summed E-state index contributed by atoms with van der Waals surface area (Å²) in [4.78, 5) is 23.4. The molecular formula is C17H23N3O3. The highest BCUT2D eigenvalue weighted by Gasteiger charge is 2.17. The summed E-state index contributed by atoms with van der Waals surface area (Å²) < 4.78 is 5.53. The summed E-state index contributed by atoms with van der Waals surface area (Å²) in [7, 11) is 0. The first kappa shape index (κ1) is 15.6. The molecule has 1 aromatic rings. The van der Waals surface area contributed by atoms with Crippen molar-refractivity contribution in [2.24, 2.45) is 0 Å². The third-order valence-electron chi connectivity index (χ3n) is 4.29. The highest BCUT2D eigenvalue weighted by molar-refractivity contribution is 5.93. The van der Waals surface area contributed by atoms with E-state index in [0.717, 1.165) is 18.4 Å². The molecule has 1 heterocycles. The normalized spacial score (nSPS) is 17.7. The molecule has 0 spiro atoms. The number of carbonyl (C=O) groups is 2. The molecule has 3 N–H and O–H groups in total. The lowest BCUT2D eigenvalue weighted by Gasteiger charge is -2.13. The van der Waals surface area contributed by atoms with E-state index in [0.29, 0.717) is 43.5 Å². The first-order valence-electron chi connectivity index (χ1n) is 8.30. The minimum atomic E-state index is -0.0942. The number of amides is 3. The van der Waals surface area contributed by atoms with Crippen LogP contribution in [0.3, 0.4) is 0 Å². The van der Waals surface area contributed by atoms with Gasteiger partial charge in [0.05, 0.1) is 18.7 Å². The zero-order valence-corrected chi connectivity index (χ0v) is 13.2. The van der Waals surface area contributed by atoms with Crippen LogP contribution >= 0.6 is 0 Å². The molecule has 0 atom stereocenters. The van der Waals surface area contributed by atoms with Crippen LogP contribution in [0.15, 0.2) is 18.2 Å². The van der Waals surface area contributed by atoms with Gasteiger partial charge in [0.15, 0.2) is 0 Å². The molecule has 6 nitrogen and oxygen atoms in total. The van der Waals surface area contributed by atoms with Crippen LogP contribution in [0.25, 0.3) is 0 Å². The number of nitrogens with one attached hydrogen (secondary N) is 3. The number of urea groups is 1. The molecule has 0 radical (unpaired) electrons. The molecule has 1 aliphatic heterocycles. The zero-order valence-electron chi connectivity index (χ0n) is 13.2. The first-order valence-corrected chi connectivity index (χ1v) is 8.30. The molecule has 6 heteroatoms. The summed E-state index contributed by atoms with van der Waals surface area (Å²) in [6.07, 6.45) is 5.64. The van der Waals surface area contributed by atoms with E-state index in [2.05, 4.69) is 16.0 Å². The Hall–Kier alpha value is -2.24. The van der Waals surface area contributed by atoms with Crippen molar-refractivity contribution >= 4 is 17.6 Å². The Morgan fingerprint density at radius 1 is 1.30 bits per heavy atom. The van der Waals surface area contributed by atoms with Crippen LogP contribution in [0, 0.1) is 0 Å². The van der Waals surface area contributed by atoms with Crippen molar-refractivity contribution in [3.8, 4) is 5.75 Å². The quantitative estimate of drug-likeness (QED) is 0.796. The lowest BCUT2D eigenvalue weighted by molar-refractivity contribution is -0.116. The number of hydrogen-bond donors (Lipinski definition) is 3. The van der Waals surface area contributed by atoms with Crippen molar-refractivity contribution in [1.29, 1.82) is 0 Å². The number of hydrogen-bond acceptors (Lipinski definition) is 3. The Morgan fingerprint density at radius 2 is 2.13 bits per heavy atom. The topological polar surface area (TPSA) is 79.5 Å². The van der Waals surface area contributed by atoms with E-state index in [1.165, 1.54) is 12.8 Å². The largest absolute Gasteiger partial charge is 0.491 e. The Morgan fingerprint density at radius 3 is 2.96 bits per heavy atom. The second-order valence-electron chi connectivity index (χ2n) is 6.11. The second kappa shape index (κ2) is 7.35. The number of rotatable bonds is 4. The zero-order chi connectivity index (χ0) is 16.1. The van der Waals surface area contributed by atoms with Gasteiger partial charge in [-0.3, -0.25) is 4.79 Å². The maximum absolute atomic E-state index is 11.8. The summed E-state index contributed by atoms with van der Waals surface area (Å²) in [5, 5.41) is 8.74. The number of ether oxygens (including phenoxy) is 1. The van der Waals surface area contributed by atoms with Crippen LogP contribution < -0.4 is 20.7 Å². The highest BCUT2D eigenvalue weighted by atomic mass is 16.5. The van der Waals surface area contributed by atoms with Crippen molar-refractivity contribution in [1.82, 2.24) is 10.6 Å². The molecular weight excluding hydrogens is 294 g/mol. The smallest absolute Gasteiger partial charge is 0.315 e. The minimum Gasteiger partial charge on any atom is -0.491 e. The van der Waals surface area contributed by atoms with E-state index in [1.807, 2.05) is 18.2 Å². The van der Waals surface area contributed by atoms with Gasteiger partial charge in [0.25, 0.3) is 0 Å². The SMILES string of the molecule is O=C1CCOc2ccc(CCNC(=O)NC3CCCC3)cc2N1. The van der Waals surface area contributed by atoms with E-state index in [-0.39, 0.29) is 11.9 Å². The van der Waals surface area contributed by atoms with Crippen LogP contribution in [0.2, 0.25) is 0 Å². The fourth-order valence-electron chi connectivity index (χ4n) is 3.05. The summed E-state index contributed by atoms with van der Waals surface area (Å²) >= 11 is 0. The van der Waals surface area contributed by atoms with Gasteiger partial charge >= 0.3 is 6.03 Å². The predicted molar refractivity (Wildman–Crippen MR) is 87.7 cm³/mol. The van der Waals surface area contributed by atoms with Gasteiger partial charge in [0.1, 0.15) is 5.75 Å². The van der Waals surface area contributed by atoms with E-state index >= 15 is 0 Å². The van der Waals surface area contributed by atoms with Crippen LogP contribution in [0.1, 0.15) is 37.7 Å². The van der Waals surface area contributed by atoms with E-state index in [9.17, 15) is 9.59 Å². The van der Waals surface area contributed by atoms with Gasteiger partial charge in [-0.1, -0.05) is 18.9 Å². The van der Waals surface area contributed by atoms with E-state index in [4.69, 9.17) is 4.74 Å². The van der Waals surface area contributed by atoms with E-state index < -0.39 is 0 Å². The molecule has 3 amide bonds. The third kappa shape index (κ3) is 4.37. The average molecular weight is 317 g/mol. The molecule has 2 aliphatic rings. The van der Waals surface area contributed by atoms with Crippen molar-refractivity contribution in [2.75, 3.05) is 18.5 Å². The van der Waals surface area contributed by atoms with Crippen molar-refractivity contribution in [2.45, 2.75) is 44.6 Å². The predicted octanol–water partition coefficient (Wildman–Crippen LogP) is 2.19. The molecule has 0 unspecified atom stereocenters. The number of benzene rings is 1. The van der Waals surface area contributed by atoms with Gasteiger partial charge in [0.2, 0.25) is 5.91 Å². The monoisotopic (exact) mass is 317 g/mol. The Kier molecular flexibility index (Phi) is 5.00. The summed E-state index contributed by atoms with van der Waals surface area (Å²) in [5.74, 6) is 0.668. The molecule has 0 bridgehead atoms. The molecule has 1 aliphatic carbocycles. The second-order valence-corrected chi connectivity index (χ2v) is 6.11. The fraction of sp³-hybridized carbons (Fsp3) is 0.529. The van der Waals surface area contributed by atoms with Gasteiger partial charge in [0, 0.05) is 12.6 Å². The highest BCUT2D eigenvalue weighted by Crippen LogP contribution is 2.28. The molecule has 1 fully saturated rings. The molecule has 0 aromatic heterocycles.